The van der Waals surface area contributed by atoms with Crippen molar-refractivity contribution in [3.05, 3.63) is 24.3 Å². The van der Waals surface area contributed by atoms with Gasteiger partial charge >= 0.3 is 0 Å². The second-order valence-electron chi connectivity index (χ2n) is 5.34. The van der Waals surface area contributed by atoms with Crippen LogP contribution in [0.25, 0.3) is 0 Å². The fraction of sp³-hybridized carbons (Fsp3) is 0.538. The lowest BCUT2D eigenvalue weighted by atomic mass is 9.82. The number of nitrogens with zero attached hydrogens (tertiary/aromatic N) is 1. The van der Waals surface area contributed by atoms with E-state index in [1.807, 2.05) is 12.1 Å². The Morgan fingerprint density at radius 2 is 1.69 bits per heavy atom. The Hall–Kier alpha value is -1.22. The number of hydrazine groups is 1. The molecule has 1 aliphatic rings. The molecule has 3 N–H and O–H groups in total. The van der Waals surface area contributed by atoms with Gasteiger partial charge in [-0.05, 0) is 42.5 Å². The highest BCUT2D eigenvalue weighted by molar-refractivity contribution is 5.54. The van der Waals surface area contributed by atoms with Gasteiger partial charge in [-0.3, -0.25) is 5.84 Å². The number of rotatable bonds is 2. The SMILES string of the molecule is CC1(C)CCN(c2ccc(NN)cc2)CC1. The van der Waals surface area contributed by atoms with E-state index in [4.69, 9.17) is 5.84 Å². The number of hydrogen-bond donors (Lipinski definition) is 2. The molecule has 0 spiro atoms. The third-order valence-corrected chi connectivity index (χ3v) is 3.52. The molecule has 88 valence electrons. The Morgan fingerprint density at radius 1 is 1.12 bits per heavy atom. The van der Waals surface area contributed by atoms with Crippen LogP contribution < -0.4 is 16.2 Å². The van der Waals surface area contributed by atoms with Gasteiger partial charge in [-0.2, -0.15) is 0 Å². The lowest BCUT2D eigenvalue weighted by Crippen LogP contribution is -2.37. The lowest BCUT2D eigenvalue weighted by molar-refractivity contribution is 0.280. The molecule has 0 atom stereocenters. The number of benzene rings is 1. The third kappa shape index (κ3) is 2.47. The van der Waals surface area contributed by atoms with Gasteiger partial charge in [0.2, 0.25) is 0 Å². The Morgan fingerprint density at radius 3 is 2.19 bits per heavy atom. The van der Waals surface area contributed by atoms with Gasteiger partial charge in [0.05, 0.1) is 0 Å². The third-order valence-electron chi connectivity index (χ3n) is 3.52. The number of anilines is 2. The minimum absolute atomic E-state index is 0.509. The van der Waals surface area contributed by atoms with Gasteiger partial charge in [0.25, 0.3) is 0 Å². The normalized spacial score (nSPS) is 19.6. The summed E-state index contributed by atoms with van der Waals surface area (Å²) in [5, 5.41) is 0. The van der Waals surface area contributed by atoms with E-state index in [1.54, 1.807) is 0 Å². The molecular weight excluding hydrogens is 198 g/mol. The van der Waals surface area contributed by atoms with Crippen LogP contribution in [0.15, 0.2) is 24.3 Å². The zero-order valence-corrected chi connectivity index (χ0v) is 10.2. The summed E-state index contributed by atoms with van der Waals surface area (Å²) in [4.78, 5) is 2.45. The summed E-state index contributed by atoms with van der Waals surface area (Å²) >= 11 is 0. The van der Waals surface area contributed by atoms with Crippen molar-refractivity contribution in [3.63, 3.8) is 0 Å². The second-order valence-corrected chi connectivity index (χ2v) is 5.34. The molecule has 0 aliphatic carbocycles. The van der Waals surface area contributed by atoms with Gasteiger partial charge in [-0.15, -0.1) is 0 Å². The number of nitrogen functional groups attached to an aromatic ring is 1. The summed E-state index contributed by atoms with van der Waals surface area (Å²) in [5.74, 6) is 5.35. The topological polar surface area (TPSA) is 41.3 Å². The molecule has 1 aromatic carbocycles. The number of hydrogen-bond acceptors (Lipinski definition) is 3. The van der Waals surface area contributed by atoms with Crippen molar-refractivity contribution in [3.8, 4) is 0 Å². The zero-order valence-electron chi connectivity index (χ0n) is 10.2. The van der Waals surface area contributed by atoms with Crippen molar-refractivity contribution >= 4 is 11.4 Å². The van der Waals surface area contributed by atoms with Crippen LogP contribution in [-0.2, 0) is 0 Å². The number of nitrogens with two attached hydrogens (primary N) is 1. The van der Waals surface area contributed by atoms with E-state index in [-0.39, 0.29) is 0 Å². The van der Waals surface area contributed by atoms with Crippen molar-refractivity contribution in [2.45, 2.75) is 26.7 Å². The molecule has 0 unspecified atom stereocenters. The first-order valence-corrected chi connectivity index (χ1v) is 5.92. The molecule has 1 heterocycles. The van der Waals surface area contributed by atoms with Crippen LogP contribution in [0.5, 0.6) is 0 Å². The summed E-state index contributed by atoms with van der Waals surface area (Å²) in [7, 11) is 0. The van der Waals surface area contributed by atoms with Crippen LogP contribution in [0.3, 0.4) is 0 Å². The highest BCUT2D eigenvalue weighted by Gasteiger charge is 2.25. The van der Waals surface area contributed by atoms with E-state index in [9.17, 15) is 0 Å². The second kappa shape index (κ2) is 4.34. The Labute approximate surface area is 97.6 Å². The Balaban J connectivity index is 2.03. The van der Waals surface area contributed by atoms with E-state index in [0.29, 0.717) is 5.41 Å². The summed E-state index contributed by atoms with van der Waals surface area (Å²) < 4.78 is 0. The zero-order chi connectivity index (χ0) is 11.6. The molecule has 0 radical (unpaired) electrons. The maximum atomic E-state index is 5.35. The lowest BCUT2D eigenvalue weighted by Gasteiger charge is -2.38. The molecule has 16 heavy (non-hydrogen) atoms. The predicted octanol–water partition coefficient (Wildman–Crippen LogP) is 2.60. The molecule has 0 aromatic heterocycles. The molecule has 3 heteroatoms. The van der Waals surface area contributed by atoms with Crippen LogP contribution in [-0.4, -0.2) is 13.1 Å². The van der Waals surface area contributed by atoms with Crippen molar-refractivity contribution in [2.24, 2.45) is 11.3 Å². The summed E-state index contributed by atoms with van der Waals surface area (Å²) in [6.45, 7) is 7.02. The summed E-state index contributed by atoms with van der Waals surface area (Å²) in [6, 6.07) is 8.31. The molecule has 0 bridgehead atoms. The van der Waals surface area contributed by atoms with Gasteiger partial charge in [0, 0.05) is 24.5 Å². The minimum Gasteiger partial charge on any atom is -0.371 e. The molecule has 1 aromatic rings. The average Bonchev–Trinajstić information content (AvgIpc) is 2.29. The molecule has 2 rings (SSSR count). The molecule has 1 aliphatic heterocycles. The Bertz CT molecular complexity index is 333. The number of nitrogens with one attached hydrogen (secondary N) is 1. The molecular formula is C13H21N3. The number of piperidine rings is 1. The van der Waals surface area contributed by atoms with E-state index in [1.165, 1.54) is 18.5 Å². The molecule has 0 saturated carbocycles. The molecule has 3 nitrogen and oxygen atoms in total. The maximum absolute atomic E-state index is 5.35. The quantitative estimate of drug-likeness (QED) is 0.593. The first-order chi connectivity index (χ1) is 7.61. The summed E-state index contributed by atoms with van der Waals surface area (Å²) in [6.07, 6.45) is 2.54. The monoisotopic (exact) mass is 219 g/mol. The predicted molar refractivity (Wildman–Crippen MR) is 69.5 cm³/mol. The highest BCUT2D eigenvalue weighted by Crippen LogP contribution is 2.32. The first kappa shape index (κ1) is 11.3. The largest absolute Gasteiger partial charge is 0.371 e. The first-order valence-electron chi connectivity index (χ1n) is 5.92. The van der Waals surface area contributed by atoms with Gasteiger partial charge in [-0.1, -0.05) is 13.8 Å². The van der Waals surface area contributed by atoms with E-state index < -0.39 is 0 Å². The average molecular weight is 219 g/mol. The van der Waals surface area contributed by atoms with Gasteiger partial charge in [0.1, 0.15) is 0 Å². The van der Waals surface area contributed by atoms with Crippen LogP contribution in [0, 0.1) is 5.41 Å². The molecule has 1 saturated heterocycles. The maximum Gasteiger partial charge on any atom is 0.0486 e. The van der Waals surface area contributed by atoms with Gasteiger partial charge in [-0.25, -0.2) is 0 Å². The standard InChI is InChI=1S/C13H21N3/c1-13(2)7-9-16(10-8-13)12-5-3-11(15-14)4-6-12/h3-6,15H,7-10,14H2,1-2H3. The van der Waals surface area contributed by atoms with Crippen molar-refractivity contribution < 1.29 is 0 Å². The van der Waals surface area contributed by atoms with E-state index >= 15 is 0 Å². The Kier molecular flexibility index (Phi) is 3.06. The smallest absolute Gasteiger partial charge is 0.0486 e. The highest BCUT2D eigenvalue weighted by atomic mass is 15.2. The van der Waals surface area contributed by atoms with E-state index in [2.05, 4.69) is 36.3 Å². The van der Waals surface area contributed by atoms with Crippen LogP contribution in [0.1, 0.15) is 26.7 Å². The van der Waals surface area contributed by atoms with Gasteiger partial charge < -0.3 is 10.3 Å². The van der Waals surface area contributed by atoms with Crippen molar-refractivity contribution in [1.82, 2.24) is 0 Å². The van der Waals surface area contributed by atoms with Gasteiger partial charge in [0.15, 0.2) is 0 Å². The van der Waals surface area contributed by atoms with Crippen molar-refractivity contribution in [2.75, 3.05) is 23.4 Å². The molecule has 0 amide bonds. The fourth-order valence-electron chi connectivity index (χ4n) is 2.14. The van der Waals surface area contributed by atoms with Crippen molar-refractivity contribution in [1.29, 1.82) is 0 Å². The summed E-state index contributed by atoms with van der Waals surface area (Å²) in [5.41, 5.74) is 5.42. The van der Waals surface area contributed by atoms with Crippen LogP contribution >= 0.6 is 0 Å². The van der Waals surface area contributed by atoms with Crippen LogP contribution in [0.2, 0.25) is 0 Å². The molecule has 1 fully saturated rings. The van der Waals surface area contributed by atoms with E-state index in [0.717, 1.165) is 18.8 Å². The van der Waals surface area contributed by atoms with Crippen LogP contribution in [0.4, 0.5) is 11.4 Å². The minimum atomic E-state index is 0.509. The fourth-order valence-corrected chi connectivity index (χ4v) is 2.14.